The SMILES string of the molecule is CC(CCCl)CCn1cnc2ccccc21. The van der Waals surface area contributed by atoms with E-state index < -0.39 is 0 Å². The number of hydrogen-bond acceptors (Lipinski definition) is 1. The van der Waals surface area contributed by atoms with Crippen molar-refractivity contribution in [2.75, 3.05) is 5.88 Å². The molecule has 1 unspecified atom stereocenters. The largest absolute Gasteiger partial charge is 0.331 e. The van der Waals surface area contributed by atoms with Gasteiger partial charge >= 0.3 is 0 Å². The Bertz CT molecular complexity index is 450. The van der Waals surface area contributed by atoms with Crippen LogP contribution in [0.2, 0.25) is 0 Å². The molecule has 2 rings (SSSR count). The molecule has 3 heteroatoms. The lowest BCUT2D eigenvalue weighted by atomic mass is 10.1. The summed E-state index contributed by atoms with van der Waals surface area (Å²) in [5.41, 5.74) is 2.30. The minimum Gasteiger partial charge on any atom is -0.331 e. The van der Waals surface area contributed by atoms with Crippen molar-refractivity contribution in [3.8, 4) is 0 Å². The van der Waals surface area contributed by atoms with Crippen LogP contribution < -0.4 is 0 Å². The summed E-state index contributed by atoms with van der Waals surface area (Å²) in [5, 5.41) is 0. The number of aromatic nitrogens is 2. The van der Waals surface area contributed by atoms with Gasteiger partial charge in [-0.3, -0.25) is 0 Å². The number of halogens is 1. The molecule has 0 aliphatic heterocycles. The number of imidazole rings is 1. The molecule has 0 bridgehead atoms. The number of fused-ring (bicyclic) bond motifs is 1. The second-order valence-electron chi connectivity index (χ2n) is 4.30. The molecule has 2 aromatic rings. The van der Waals surface area contributed by atoms with Crippen molar-refractivity contribution in [2.24, 2.45) is 5.92 Å². The van der Waals surface area contributed by atoms with Crippen LogP contribution in [0.3, 0.4) is 0 Å². The highest BCUT2D eigenvalue weighted by atomic mass is 35.5. The van der Waals surface area contributed by atoms with Gasteiger partial charge in [-0.2, -0.15) is 0 Å². The Labute approximate surface area is 101 Å². The Kier molecular flexibility index (Phi) is 3.83. The third-order valence-electron chi connectivity index (χ3n) is 2.99. The smallest absolute Gasteiger partial charge is 0.0958 e. The standard InChI is InChI=1S/C13H17ClN2/c1-11(6-8-14)7-9-16-10-15-12-4-2-3-5-13(12)16/h2-5,10-11H,6-9H2,1H3. The topological polar surface area (TPSA) is 17.8 Å². The zero-order valence-corrected chi connectivity index (χ0v) is 10.3. The quantitative estimate of drug-likeness (QED) is 0.724. The van der Waals surface area contributed by atoms with E-state index in [1.54, 1.807) is 0 Å². The highest BCUT2D eigenvalue weighted by Crippen LogP contribution is 2.15. The molecule has 1 atom stereocenters. The summed E-state index contributed by atoms with van der Waals surface area (Å²) < 4.78 is 2.22. The van der Waals surface area contributed by atoms with Crippen LogP contribution in [-0.2, 0) is 6.54 Å². The van der Waals surface area contributed by atoms with Crippen LogP contribution in [-0.4, -0.2) is 15.4 Å². The Morgan fingerprint density at radius 3 is 2.94 bits per heavy atom. The number of rotatable bonds is 5. The molecule has 1 heterocycles. The Morgan fingerprint density at radius 2 is 2.12 bits per heavy atom. The fraction of sp³-hybridized carbons (Fsp3) is 0.462. The molecule has 0 N–H and O–H groups in total. The molecule has 0 saturated heterocycles. The van der Waals surface area contributed by atoms with E-state index in [1.165, 1.54) is 5.52 Å². The van der Waals surface area contributed by atoms with Gasteiger partial charge in [0, 0.05) is 12.4 Å². The van der Waals surface area contributed by atoms with Crippen molar-refractivity contribution in [1.82, 2.24) is 9.55 Å². The first-order valence-electron chi connectivity index (χ1n) is 5.77. The van der Waals surface area contributed by atoms with Crippen LogP contribution >= 0.6 is 11.6 Å². The Morgan fingerprint density at radius 1 is 1.31 bits per heavy atom. The molecule has 0 aliphatic rings. The summed E-state index contributed by atoms with van der Waals surface area (Å²) in [5.74, 6) is 1.44. The minimum atomic E-state index is 0.679. The first kappa shape index (κ1) is 11.5. The first-order chi connectivity index (χ1) is 7.81. The Balaban J connectivity index is 2.04. The molecule has 0 amide bonds. The van der Waals surface area contributed by atoms with E-state index >= 15 is 0 Å². The molecular weight excluding hydrogens is 220 g/mol. The van der Waals surface area contributed by atoms with E-state index in [2.05, 4.69) is 28.6 Å². The molecule has 2 nitrogen and oxygen atoms in total. The third kappa shape index (κ3) is 2.56. The summed E-state index contributed by atoms with van der Waals surface area (Å²) in [7, 11) is 0. The lowest BCUT2D eigenvalue weighted by molar-refractivity contribution is 0.475. The highest BCUT2D eigenvalue weighted by molar-refractivity contribution is 6.17. The van der Waals surface area contributed by atoms with Gasteiger partial charge < -0.3 is 4.57 Å². The zero-order chi connectivity index (χ0) is 11.4. The predicted octanol–water partition coefficient (Wildman–Crippen LogP) is 3.69. The van der Waals surface area contributed by atoms with Crippen LogP contribution in [0, 0.1) is 5.92 Å². The van der Waals surface area contributed by atoms with Crippen LogP contribution in [0.1, 0.15) is 19.8 Å². The molecule has 0 fully saturated rings. The second kappa shape index (κ2) is 5.35. The maximum Gasteiger partial charge on any atom is 0.0958 e. The fourth-order valence-electron chi connectivity index (χ4n) is 1.88. The van der Waals surface area contributed by atoms with E-state index in [9.17, 15) is 0 Å². The molecule has 0 aliphatic carbocycles. The van der Waals surface area contributed by atoms with E-state index in [1.807, 2.05) is 18.5 Å². The van der Waals surface area contributed by atoms with Crippen molar-refractivity contribution in [1.29, 1.82) is 0 Å². The van der Waals surface area contributed by atoms with Crippen LogP contribution in [0.4, 0.5) is 0 Å². The molecular formula is C13H17ClN2. The number of benzene rings is 1. The van der Waals surface area contributed by atoms with Gasteiger partial charge in [-0.1, -0.05) is 19.1 Å². The molecule has 1 aromatic heterocycles. The number of para-hydroxylation sites is 2. The lowest BCUT2D eigenvalue weighted by Crippen LogP contribution is -2.03. The average Bonchev–Trinajstić information content (AvgIpc) is 2.70. The highest BCUT2D eigenvalue weighted by Gasteiger charge is 2.04. The number of aryl methyl sites for hydroxylation is 1. The second-order valence-corrected chi connectivity index (χ2v) is 4.68. The van der Waals surface area contributed by atoms with Gasteiger partial charge in [0.05, 0.1) is 17.4 Å². The van der Waals surface area contributed by atoms with E-state index in [0.29, 0.717) is 5.92 Å². The molecule has 0 saturated carbocycles. The van der Waals surface area contributed by atoms with Gasteiger partial charge in [0.25, 0.3) is 0 Å². The van der Waals surface area contributed by atoms with E-state index in [-0.39, 0.29) is 0 Å². The van der Waals surface area contributed by atoms with Crippen molar-refractivity contribution in [3.63, 3.8) is 0 Å². The first-order valence-corrected chi connectivity index (χ1v) is 6.30. The molecule has 86 valence electrons. The normalized spacial score (nSPS) is 13.1. The van der Waals surface area contributed by atoms with Crippen LogP contribution in [0.5, 0.6) is 0 Å². The van der Waals surface area contributed by atoms with Crippen LogP contribution in [0.25, 0.3) is 11.0 Å². The van der Waals surface area contributed by atoms with Crippen molar-refractivity contribution >= 4 is 22.6 Å². The Hall–Kier alpha value is -1.02. The number of hydrogen-bond donors (Lipinski definition) is 0. The summed E-state index contributed by atoms with van der Waals surface area (Å²) in [4.78, 5) is 4.38. The van der Waals surface area contributed by atoms with Crippen molar-refractivity contribution < 1.29 is 0 Å². The molecule has 1 aromatic carbocycles. The van der Waals surface area contributed by atoms with Gasteiger partial charge in [-0.15, -0.1) is 11.6 Å². The van der Waals surface area contributed by atoms with Gasteiger partial charge in [-0.25, -0.2) is 4.98 Å². The average molecular weight is 237 g/mol. The predicted molar refractivity (Wildman–Crippen MR) is 68.9 cm³/mol. The minimum absolute atomic E-state index is 0.679. The number of alkyl halides is 1. The van der Waals surface area contributed by atoms with Crippen molar-refractivity contribution in [2.45, 2.75) is 26.3 Å². The summed E-state index contributed by atoms with van der Waals surface area (Å²) >= 11 is 5.73. The summed E-state index contributed by atoms with van der Waals surface area (Å²) in [6.45, 7) is 3.28. The molecule has 16 heavy (non-hydrogen) atoms. The zero-order valence-electron chi connectivity index (χ0n) is 9.56. The van der Waals surface area contributed by atoms with E-state index in [4.69, 9.17) is 11.6 Å². The number of nitrogens with zero attached hydrogens (tertiary/aromatic N) is 2. The van der Waals surface area contributed by atoms with Gasteiger partial charge in [0.1, 0.15) is 0 Å². The summed E-state index contributed by atoms with van der Waals surface area (Å²) in [6.07, 6.45) is 4.18. The maximum atomic E-state index is 5.73. The van der Waals surface area contributed by atoms with Crippen molar-refractivity contribution in [3.05, 3.63) is 30.6 Å². The van der Waals surface area contributed by atoms with Gasteiger partial charge in [0.2, 0.25) is 0 Å². The third-order valence-corrected chi connectivity index (χ3v) is 3.21. The van der Waals surface area contributed by atoms with Gasteiger partial charge in [0.15, 0.2) is 0 Å². The van der Waals surface area contributed by atoms with Crippen LogP contribution in [0.15, 0.2) is 30.6 Å². The lowest BCUT2D eigenvalue weighted by Gasteiger charge is -2.10. The van der Waals surface area contributed by atoms with Gasteiger partial charge in [-0.05, 0) is 30.9 Å². The molecule has 0 radical (unpaired) electrons. The molecule has 0 spiro atoms. The summed E-state index contributed by atoms with van der Waals surface area (Å²) in [6, 6.07) is 8.25. The maximum absolute atomic E-state index is 5.73. The fourth-order valence-corrected chi connectivity index (χ4v) is 2.25. The monoisotopic (exact) mass is 236 g/mol. The van der Waals surface area contributed by atoms with E-state index in [0.717, 1.165) is 30.8 Å².